The van der Waals surface area contributed by atoms with E-state index in [9.17, 15) is 14.4 Å². The molecule has 0 radical (unpaired) electrons. The van der Waals surface area contributed by atoms with Crippen LogP contribution in [0, 0.1) is 11.8 Å². The Morgan fingerprint density at radius 1 is 0.927 bits per heavy atom. The molecule has 220 valence electrons. The molecule has 7 nitrogen and oxygen atoms in total. The van der Waals surface area contributed by atoms with Crippen LogP contribution in [0.1, 0.15) is 66.8 Å². The predicted molar refractivity (Wildman–Crippen MR) is 167 cm³/mol. The summed E-state index contributed by atoms with van der Waals surface area (Å²) in [6, 6.07) is 6.30. The van der Waals surface area contributed by atoms with Crippen molar-refractivity contribution in [3.8, 4) is 0 Å². The summed E-state index contributed by atoms with van der Waals surface area (Å²) in [7, 11) is 3.32. The van der Waals surface area contributed by atoms with E-state index in [1.807, 2.05) is 17.2 Å². The number of pyridine rings is 1. The maximum absolute atomic E-state index is 13.3. The minimum atomic E-state index is -0.175. The molecule has 3 heterocycles. The number of rotatable bonds is 5. The highest BCUT2D eigenvalue weighted by molar-refractivity contribution is 9.10. The van der Waals surface area contributed by atoms with Crippen LogP contribution in [-0.4, -0.2) is 77.7 Å². The van der Waals surface area contributed by atoms with Gasteiger partial charge < -0.3 is 14.7 Å². The van der Waals surface area contributed by atoms with Crippen molar-refractivity contribution in [1.29, 1.82) is 0 Å². The molecule has 1 aromatic heterocycles. The molecule has 2 aliphatic heterocycles. The van der Waals surface area contributed by atoms with Gasteiger partial charge in [0.2, 0.25) is 17.7 Å². The molecule has 1 aromatic carbocycles. The van der Waals surface area contributed by atoms with Crippen molar-refractivity contribution in [3.05, 3.63) is 60.7 Å². The number of carbonyl (C=O) groups is 3. The fraction of sp³-hybridized carbons (Fsp3) is 0.548. The largest absolute Gasteiger partial charge is 0.348 e. The molecule has 1 aliphatic carbocycles. The van der Waals surface area contributed by atoms with E-state index in [1.54, 1.807) is 19.0 Å². The first-order valence-electron chi connectivity index (χ1n) is 14.5. The summed E-state index contributed by atoms with van der Waals surface area (Å²) in [5, 5.41) is 0.743. The number of aromatic nitrogens is 1. The highest BCUT2D eigenvalue weighted by Gasteiger charge is 2.37. The fourth-order valence-corrected chi connectivity index (χ4v) is 8.17. The molecule has 2 aromatic rings. The van der Waals surface area contributed by atoms with Crippen LogP contribution in [0.3, 0.4) is 0 Å². The minimum absolute atomic E-state index is 0.0854. The molecule has 41 heavy (non-hydrogen) atoms. The van der Waals surface area contributed by atoms with Crippen molar-refractivity contribution in [1.82, 2.24) is 19.7 Å². The second-order valence-corrected chi connectivity index (χ2v) is 14.1. The molecule has 0 N–H and O–H groups in total. The third-order valence-corrected chi connectivity index (χ3v) is 10.3. The highest BCUT2D eigenvalue weighted by atomic mass is 79.9. The first-order chi connectivity index (χ1) is 19.6. The van der Waals surface area contributed by atoms with Crippen LogP contribution < -0.4 is 0 Å². The van der Waals surface area contributed by atoms with E-state index in [4.69, 9.17) is 16.6 Å². The van der Waals surface area contributed by atoms with Gasteiger partial charge in [0.1, 0.15) is 6.42 Å². The molecule has 3 aliphatic rings. The molecule has 0 unspecified atom stereocenters. The van der Waals surface area contributed by atoms with E-state index >= 15 is 0 Å². The van der Waals surface area contributed by atoms with Crippen molar-refractivity contribution in [2.24, 2.45) is 11.8 Å². The van der Waals surface area contributed by atoms with E-state index in [2.05, 4.69) is 44.0 Å². The maximum Gasteiger partial charge on any atom is 0.232 e. The van der Waals surface area contributed by atoms with E-state index in [0.29, 0.717) is 25.4 Å². The summed E-state index contributed by atoms with van der Waals surface area (Å²) in [6.45, 7) is 2.72. The number of aryl methyl sites for hydroxylation is 2. The van der Waals surface area contributed by atoms with Crippen molar-refractivity contribution in [2.45, 2.75) is 57.3 Å². The van der Waals surface area contributed by atoms with Gasteiger partial charge in [-0.05, 0) is 101 Å². The Balaban J connectivity index is 1.21. The molecule has 3 amide bonds. The van der Waals surface area contributed by atoms with Gasteiger partial charge in [0.25, 0.3) is 0 Å². The van der Waals surface area contributed by atoms with E-state index in [-0.39, 0.29) is 36.0 Å². The predicted octanol–water partition coefficient (Wildman–Crippen LogP) is 5.84. The van der Waals surface area contributed by atoms with Crippen LogP contribution in [0.4, 0.5) is 0 Å². The van der Waals surface area contributed by atoms with Crippen molar-refractivity contribution >= 4 is 61.2 Å². The van der Waals surface area contributed by atoms with Crippen LogP contribution in [0.5, 0.6) is 0 Å². The fourth-order valence-electron chi connectivity index (χ4n) is 6.67. The number of hydrogen-bond donors (Lipinski definition) is 0. The highest BCUT2D eigenvalue weighted by Crippen LogP contribution is 2.46. The van der Waals surface area contributed by atoms with Gasteiger partial charge in [-0.1, -0.05) is 27.5 Å². The second-order valence-electron chi connectivity index (χ2n) is 11.8. The Hall–Kier alpha value is -1.97. The lowest BCUT2D eigenvalue weighted by atomic mass is 9.76. The quantitative estimate of drug-likeness (QED) is 0.367. The van der Waals surface area contributed by atoms with E-state index in [0.717, 1.165) is 71.3 Å². The molecule has 2 fully saturated rings. The summed E-state index contributed by atoms with van der Waals surface area (Å²) in [6.07, 6.45) is 7.64. The monoisotopic (exact) mass is 706 g/mol. The third kappa shape index (κ3) is 6.99. The average molecular weight is 709 g/mol. The number of hydrogen-bond acceptors (Lipinski definition) is 4. The van der Waals surface area contributed by atoms with E-state index in [1.165, 1.54) is 21.6 Å². The molecular formula is C31H37Br2ClN4O3. The Kier molecular flexibility index (Phi) is 9.76. The summed E-state index contributed by atoms with van der Waals surface area (Å²) >= 11 is 13.9. The van der Waals surface area contributed by atoms with Gasteiger partial charge in [-0.2, -0.15) is 0 Å². The Morgan fingerprint density at radius 3 is 2.24 bits per heavy atom. The number of halogens is 3. The van der Waals surface area contributed by atoms with Gasteiger partial charge >= 0.3 is 0 Å². The Morgan fingerprint density at radius 2 is 1.56 bits per heavy atom. The zero-order valence-corrected chi connectivity index (χ0v) is 27.6. The van der Waals surface area contributed by atoms with Gasteiger partial charge in [0.05, 0.1) is 5.69 Å². The lowest BCUT2D eigenvalue weighted by molar-refractivity contribution is -0.140. The van der Waals surface area contributed by atoms with E-state index < -0.39 is 0 Å². The van der Waals surface area contributed by atoms with Gasteiger partial charge in [-0.15, -0.1) is 0 Å². The number of carbonyl (C=O) groups excluding carboxylic acids is 3. The average Bonchev–Trinajstić information content (AvgIpc) is 3.10. The topological polar surface area (TPSA) is 73.8 Å². The Labute approximate surface area is 264 Å². The molecule has 5 rings (SSSR count). The molecule has 0 saturated carbocycles. The third-order valence-electron chi connectivity index (χ3n) is 9.01. The number of likely N-dealkylation sites (tertiary alicyclic amines) is 2. The molecule has 10 heteroatoms. The smallest absolute Gasteiger partial charge is 0.232 e. The molecular weight excluding hydrogens is 672 g/mol. The summed E-state index contributed by atoms with van der Waals surface area (Å²) in [4.78, 5) is 47.9. The number of benzene rings is 1. The molecule has 0 bridgehead atoms. The summed E-state index contributed by atoms with van der Waals surface area (Å²) < 4.78 is 2.03. The molecule has 2 saturated heterocycles. The number of piperidine rings is 2. The van der Waals surface area contributed by atoms with Crippen LogP contribution in [0.2, 0.25) is 5.02 Å². The number of amides is 3. The summed E-state index contributed by atoms with van der Waals surface area (Å²) in [5.74, 6) is 0.727. The van der Waals surface area contributed by atoms with Crippen molar-refractivity contribution < 1.29 is 14.4 Å². The lowest BCUT2D eigenvalue weighted by Gasteiger charge is -2.38. The van der Waals surface area contributed by atoms with Gasteiger partial charge in [0.15, 0.2) is 0 Å². The van der Waals surface area contributed by atoms with Crippen LogP contribution in [0.15, 0.2) is 33.3 Å². The van der Waals surface area contributed by atoms with Gasteiger partial charge in [-0.25, -0.2) is 0 Å². The normalized spacial score (nSPS) is 19.8. The lowest BCUT2D eigenvalue weighted by Crippen LogP contribution is -2.43. The second kappa shape index (κ2) is 13.1. The van der Waals surface area contributed by atoms with Gasteiger partial charge in [0, 0.05) is 72.8 Å². The van der Waals surface area contributed by atoms with Crippen LogP contribution >= 0.6 is 43.5 Å². The number of nitrogens with zero attached hydrogens (tertiary/aromatic N) is 4. The Bertz CT molecular complexity index is 1320. The minimum Gasteiger partial charge on any atom is -0.348 e. The summed E-state index contributed by atoms with van der Waals surface area (Å²) in [5.41, 5.74) is 4.99. The first-order valence-corrected chi connectivity index (χ1v) is 16.4. The SMILES string of the molecule is CN(C)C(=O)CC(=O)N1CCC(CC(=O)N2CCC([C@H]3c4ncc(Br)cc4CCc4cc(Cl)cc(Br)c43)CC2)CC1. The zero-order chi connectivity index (χ0) is 29.3. The number of fused-ring (bicyclic) bond motifs is 2. The van der Waals surface area contributed by atoms with Crippen LogP contribution in [0.25, 0.3) is 0 Å². The van der Waals surface area contributed by atoms with Crippen LogP contribution in [-0.2, 0) is 27.2 Å². The first kappa shape index (κ1) is 30.5. The zero-order valence-electron chi connectivity index (χ0n) is 23.7. The van der Waals surface area contributed by atoms with Gasteiger partial charge in [-0.3, -0.25) is 19.4 Å². The molecule has 0 spiro atoms. The van der Waals surface area contributed by atoms with Crippen molar-refractivity contribution in [2.75, 3.05) is 40.3 Å². The maximum atomic E-state index is 13.3. The molecule has 1 atom stereocenters. The van der Waals surface area contributed by atoms with Crippen molar-refractivity contribution in [3.63, 3.8) is 0 Å². The standard InChI is InChI=1S/C31H37Br2ClN4O3/c1-36(2)26(39)17-28(41)37-9-5-19(6-10-37)13-27(40)38-11-7-20(8-12-38)30-29-21(15-24(34)16-25(29)33)3-4-22-14-23(32)18-35-31(22)30/h14-16,18-20,30H,3-13,17H2,1-2H3/t30-/m1/s1.